The Hall–Kier alpha value is -2.05. The summed E-state index contributed by atoms with van der Waals surface area (Å²) in [6.07, 6.45) is 1.06. The Morgan fingerprint density at radius 1 is 1.35 bits per heavy atom. The molecule has 130 valence electrons. The zero-order chi connectivity index (χ0) is 17.8. The first-order valence-electron chi connectivity index (χ1n) is 7.61. The van der Waals surface area contributed by atoms with E-state index in [4.69, 9.17) is 9.47 Å². The molecule has 1 aliphatic heterocycles. The molecule has 1 atom stereocenters. The van der Waals surface area contributed by atoms with Gasteiger partial charge in [-0.1, -0.05) is 0 Å². The molecule has 1 saturated heterocycles. The van der Waals surface area contributed by atoms with Crippen molar-refractivity contribution in [2.24, 2.45) is 5.92 Å². The third kappa shape index (κ3) is 5.58. The van der Waals surface area contributed by atoms with Gasteiger partial charge in [-0.05, 0) is 27.7 Å². The zero-order valence-electron chi connectivity index (χ0n) is 14.7. The van der Waals surface area contributed by atoms with E-state index in [1.165, 1.54) is 4.90 Å². The Morgan fingerprint density at radius 3 is 2.43 bits per heavy atom. The van der Waals surface area contributed by atoms with Crippen molar-refractivity contribution in [1.82, 2.24) is 9.80 Å². The topological polar surface area (TPSA) is 76.2 Å². The van der Waals surface area contributed by atoms with Crippen molar-refractivity contribution in [3.05, 3.63) is 11.8 Å². The quantitative estimate of drug-likeness (QED) is 0.444. The second-order valence-corrected chi connectivity index (χ2v) is 6.65. The number of esters is 1. The molecular formula is C16H26N2O5. The predicted molar refractivity (Wildman–Crippen MR) is 84.7 cm³/mol. The highest BCUT2D eigenvalue weighted by Gasteiger charge is 2.40. The first kappa shape index (κ1) is 19.0. The van der Waals surface area contributed by atoms with Crippen LogP contribution in [0.5, 0.6) is 0 Å². The molecule has 1 heterocycles. The summed E-state index contributed by atoms with van der Waals surface area (Å²) < 4.78 is 10.3. The van der Waals surface area contributed by atoms with E-state index in [1.807, 2.05) is 0 Å². The SMILES string of the molecule is CCOC(=O)C1CN(C(=O)OC(C)(C)C)C/C(=C/N(C)C)C1=O. The minimum atomic E-state index is -1.01. The van der Waals surface area contributed by atoms with Crippen molar-refractivity contribution in [2.45, 2.75) is 33.3 Å². The van der Waals surface area contributed by atoms with Gasteiger partial charge in [0.2, 0.25) is 0 Å². The molecule has 0 N–H and O–H groups in total. The van der Waals surface area contributed by atoms with E-state index in [2.05, 4.69) is 0 Å². The van der Waals surface area contributed by atoms with Gasteiger partial charge < -0.3 is 19.3 Å². The molecule has 1 rings (SSSR count). The summed E-state index contributed by atoms with van der Waals surface area (Å²) in [5.74, 6) is -1.94. The van der Waals surface area contributed by atoms with E-state index in [0.29, 0.717) is 5.57 Å². The minimum absolute atomic E-state index is 0.0304. The lowest BCUT2D eigenvalue weighted by atomic mass is 9.93. The maximum Gasteiger partial charge on any atom is 0.410 e. The van der Waals surface area contributed by atoms with Crippen LogP contribution in [0.1, 0.15) is 27.7 Å². The number of hydrogen-bond acceptors (Lipinski definition) is 6. The molecule has 1 aliphatic rings. The molecular weight excluding hydrogens is 300 g/mol. The fourth-order valence-electron chi connectivity index (χ4n) is 2.18. The van der Waals surface area contributed by atoms with Crippen LogP contribution >= 0.6 is 0 Å². The standard InChI is InChI=1S/C16H26N2O5/c1-7-22-14(20)12-10-18(15(21)23-16(2,3)4)9-11(13(12)19)8-17(5)6/h8,12H,7,9-10H2,1-6H3/b11-8-. The number of ether oxygens (including phenoxy) is 2. The van der Waals surface area contributed by atoms with Crippen LogP contribution in [-0.2, 0) is 19.1 Å². The number of hydrogen-bond donors (Lipinski definition) is 0. The molecule has 1 amide bonds. The summed E-state index contributed by atoms with van der Waals surface area (Å²) in [7, 11) is 3.54. The zero-order valence-corrected chi connectivity index (χ0v) is 14.7. The number of Topliss-reactive ketones (excluding diaryl/α,β-unsaturated/α-hetero) is 1. The number of piperidine rings is 1. The first-order valence-corrected chi connectivity index (χ1v) is 7.61. The molecule has 1 unspecified atom stereocenters. The van der Waals surface area contributed by atoms with Crippen molar-refractivity contribution in [2.75, 3.05) is 33.8 Å². The number of rotatable bonds is 3. The normalized spacial score (nSPS) is 20.4. The molecule has 0 bridgehead atoms. The van der Waals surface area contributed by atoms with Crippen molar-refractivity contribution in [3.63, 3.8) is 0 Å². The fraction of sp³-hybridized carbons (Fsp3) is 0.688. The average Bonchev–Trinajstić information content (AvgIpc) is 2.38. The number of carbonyl (C=O) groups is 3. The second kappa shape index (κ2) is 7.48. The van der Waals surface area contributed by atoms with Crippen LogP contribution in [0.25, 0.3) is 0 Å². The van der Waals surface area contributed by atoms with Gasteiger partial charge in [-0.2, -0.15) is 0 Å². The molecule has 1 fully saturated rings. The number of nitrogens with zero attached hydrogens (tertiary/aromatic N) is 2. The van der Waals surface area contributed by atoms with Crippen LogP contribution in [0.3, 0.4) is 0 Å². The molecule has 23 heavy (non-hydrogen) atoms. The maximum atomic E-state index is 12.5. The van der Waals surface area contributed by atoms with Crippen LogP contribution in [0, 0.1) is 5.92 Å². The van der Waals surface area contributed by atoms with Gasteiger partial charge >= 0.3 is 12.1 Å². The smallest absolute Gasteiger partial charge is 0.410 e. The average molecular weight is 326 g/mol. The number of carbonyl (C=O) groups excluding carboxylic acids is 3. The number of likely N-dealkylation sites (tertiary alicyclic amines) is 1. The van der Waals surface area contributed by atoms with E-state index >= 15 is 0 Å². The summed E-state index contributed by atoms with van der Waals surface area (Å²) in [6, 6.07) is 0. The minimum Gasteiger partial charge on any atom is -0.465 e. The highest BCUT2D eigenvalue weighted by molar-refractivity contribution is 6.10. The van der Waals surface area contributed by atoms with Gasteiger partial charge in [0.05, 0.1) is 13.2 Å². The molecule has 0 aromatic heterocycles. The van der Waals surface area contributed by atoms with E-state index in [9.17, 15) is 14.4 Å². The molecule has 0 radical (unpaired) electrons. The summed E-state index contributed by atoms with van der Waals surface area (Å²) >= 11 is 0. The van der Waals surface area contributed by atoms with E-state index < -0.39 is 23.6 Å². The van der Waals surface area contributed by atoms with E-state index in [-0.39, 0.29) is 25.5 Å². The van der Waals surface area contributed by atoms with Gasteiger partial charge in [0.25, 0.3) is 0 Å². The largest absolute Gasteiger partial charge is 0.465 e. The van der Waals surface area contributed by atoms with Crippen molar-refractivity contribution in [3.8, 4) is 0 Å². The second-order valence-electron chi connectivity index (χ2n) is 6.65. The summed E-state index contributed by atoms with van der Waals surface area (Å²) in [5, 5.41) is 0. The van der Waals surface area contributed by atoms with Gasteiger partial charge in [0, 0.05) is 32.4 Å². The van der Waals surface area contributed by atoms with Crippen molar-refractivity contribution in [1.29, 1.82) is 0 Å². The van der Waals surface area contributed by atoms with Crippen molar-refractivity contribution >= 4 is 17.8 Å². The highest BCUT2D eigenvalue weighted by atomic mass is 16.6. The van der Waals surface area contributed by atoms with Crippen LogP contribution in [0.15, 0.2) is 11.8 Å². The lowest BCUT2D eigenvalue weighted by Crippen LogP contribution is -2.50. The van der Waals surface area contributed by atoms with Crippen LogP contribution < -0.4 is 0 Å². The van der Waals surface area contributed by atoms with E-state index in [1.54, 1.807) is 52.9 Å². The monoisotopic (exact) mass is 326 g/mol. The van der Waals surface area contributed by atoms with Crippen LogP contribution in [-0.4, -0.2) is 67.0 Å². The molecule has 7 heteroatoms. The highest BCUT2D eigenvalue weighted by Crippen LogP contribution is 2.22. The van der Waals surface area contributed by atoms with Gasteiger partial charge in [-0.25, -0.2) is 4.79 Å². The Balaban J connectivity index is 3.03. The van der Waals surface area contributed by atoms with Gasteiger partial charge in [-0.15, -0.1) is 0 Å². The summed E-state index contributed by atoms with van der Waals surface area (Å²) in [5.41, 5.74) is -0.270. The van der Waals surface area contributed by atoms with E-state index in [0.717, 1.165) is 0 Å². The Kier molecular flexibility index (Phi) is 6.18. The van der Waals surface area contributed by atoms with Gasteiger partial charge in [0.15, 0.2) is 5.78 Å². The molecule has 0 saturated carbocycles. The molecule has 7 nitrogen and oxygen atoms in total. The fourth-order valence-corrected chi connectivity index (χ4v) is 2.18. The Morgan fingerprint density at radius 2 is 1.96 bits per heavy atom. The third-order valence-electron chi connectivity index (χ3n) is 3.03. The van der Waals surface area contributed by atoms with Crippen LogP contribution in [0.4, 0.5) is 4.79 Å². The lowest BCUT2D eigenvalue weighted by Gasteiger charge is -2.34. The summed E-state index contributed by atoms with van der Waals surface area (Å²) in [6.45, 7) is 7.23. The summed E-state index contributed by atoms with van der Waals surface area (Å²) in [4.78, 5) is 39.8. The molecule has 0 spiro atoms. The lowest BCUT2D eigenvalue weighted by molar-refractivity contribution is -0.152. The van der Waals surface area contributed by atoms with Gasteiger partial charge in [0.1, 0.15) is 11.5 Å². The maximum absolute atomic E-state index is 12.5. The first-order chi connectivity index (χ1) is 10.5. The van der Waals surface area contributed by atoms with Gasteiger partial charge in [-0.3, -0.25) is 9.59 Å². The Bertz CT molecular complexity index is 505. The molecule has 0 aromatic carbocycles. The Labute approximate surface area is 137 Å². The third-order valence-corrected chi connectivity index (χ3v) is 3.03. The molecule has 0 aromatic rings. The number of amides is 1. The predicted octanol–water partition coefficient (Wildman–Crippen LogP) is 1.43. The molecule has 0 aliphatic carbocycles. The number of ketones is 1. The van der Waals surface area contributed by atoms with Crippen LogP contribution in [0.2, 0.25) is 0 Å². The van der Waals surface area contributed by atoms with Crippen molar-refractivity contribution < 1.29 is 23.9 Å².